The maximum Gasteiger partial charge on any atom is 0.0690 e. The van der Waals surface area contributed by atoms with Crippen LogP contribution in [0.4, 0.5) is 17.1 Å². The zero-order valence-corrected chi connectivity index (χ0v) is 18.6. The van der Waals surface area contributed by atoms with Crippen LogP contribution >= 0.6 is 0 Å². The molecule has 0 unspecified atom stereocenters. The van der Waals surface area contributed by atoms with E-state index in [1.807, 2.05) is 43.3 Å². The fourth-order valence-corrected chi connectivity index (χ4v) is 3.95. The van der Waals surface area contributed by atoms with Crippen molar-refractivity contribution >= 4 is 17.1 Å². The number of rotatable bonds is 6. The Labute approximate surface area is 191 Å². The molecule has 0 saturated heterocycles. The molecule has 32 heavy (non-hydrogen) atoms. The van der Waals surface area contributed by atoms with Crippen LogP contribution in [0.2, 0.25) is 0 Å². The largest absolute Gasteiger partial charge is 0.397 e. The van der Waals surface area contributed by atoms with Gasteiger partial charge in [0.15, 0.2) is 0 Å². The van der Waals surface area contributed by atoms with E-state index in [1.54, 1.807) is 0 Å². The van der Waals surface area contributed by atoms with Gasteiger partial charge in [-0.25, -0.2) is 0 Å². The maximum absolute atomic E-state index is 6.33. The van der Waals surface area contributed by atoms with Gasteiger partial charge in [0, 0.05) is 11.4 Å². The van der Waals surface area contributed by atoms with E-state index in [1.165, 1.54) is 22.3 Å². The fourth-order valence-electron chi connectivity index (χ4n) is 3.95. The number of para-hydroxylation sites is 2. The summed E-state index contributed by atoms with van der Waals surface area (Å²) < 4.78 is 0. The molecule has 0 heterocycles. The number of allylic oxidation sites excluding steroid dienone is 2. The molecule has 0 saturated carbocycles. The smallest absolute Gasteiger partial charge is 0.0690 e. The Hall–Kier alpha value is -4.04. The molecule has 0 spiro atoms. The predicted octanol–water partition coefficient (Wildman–Crippen LogP) is 8.14. The third-order valence-electron chi connectivity index (χ3n) is 5.48. The third kappa shape index (κ3) is 4.50. The van der Waals surface area contributed by atoms with Gasteiger partial charge in [-0.1, -0.05) is 84.9 Å². The third-order valence-corrected chi connectivity index (χ3v) is 5.48. The molecule has 0 aliphatic rings. The molecule has 0 radical (unpaired) electrons. The Morgan fingerprint density at radius 3 is 2.00 bits per heavy atom. The average Bonchev–Trinajstić information content (AvgIpc) is 2.81. The number of nitrogen functional groups attached to an aromatic ring is 1. The van der Waals surface area contributed by atoms with E-state index in [9.17, 15) is 0 Å². The molecule has 0 aliphatic carbocycles. The topological polar surface area (TPSA) is 29.3 Å². The molecule has 0 aromatic heterocycles. The lowest BCUT2D eigenvalue weighted by atomic mass is 9.98. The molecule has 4 rings (SSSR count). The molecule has 0 fully saturated rings. The highest BCUT2D eigenvalue weighted by molar-refractivity contribution is 5.82. The summed E-state index contributed by atoms with van der Waals surface area (Å²) in [6, 6.07) is 33.7. The minimum absolute atomic E-state index is 0.713. The number of hydrogen-bond acceptors (Lipinski definition) is 2. The van der Waals surface area contributed by atoms with Crippen molar-refractivity contribution < 1.29 is 0 Å². The quantitative estimate of drug-likeness (QED) is 0.254. The first-order valence-electron chi connectivity index (χ1n) is 10.8. The van der Waals surface area contributed by atoms with Gasteiger partial charge in [0.1, 0.15) is 0 Å². The van der Waals surface area contributed by atoms with E-state index in [0.717, 1.165) is 22.6 Å². The van der Waals surface area contributed by atoms with Gasteiger partial charge in [-0.2, -0.15) is 0 Å². The number of nitrogens with zero attached hydrogens (tertiary/aromatic N) is 1. The number of hydrogen-bond donors (Lipinski definition) is 1. The van der Waals surface area contributed by atoms with Crippen LogP contribution < -0.4 is 10.6 Å². The van der Waals surface area contributed by atoms with Gasteiger partial charge in [-0.3, -0.25) is 0 Å². The van der Waals surface area contributed by atoms with E-state index >= 15 is 0 Å². The Morgan fingerprint density at radius 2 is 1.34 bits per heavy atom. The molecule has 0 bridgehead atoms. The summed E-state index contributed by atoms with van der Waals surface area (Å²) in [7, 11) is 0. The zero-order valence-electron chi connectivity index (χ0n) is 18.6. The first-order valence-corrected chi connectivity index (χ1v) is 10.8. The number of nitrogens with two attached hydrogens (primary N) is 1. The molecule has 2 nitrogen and oxygen atoms in total. The normalized spacial score (nSPS) is 10.9. The Morgan fingerprint density at radius 1 is 0.750 bits per heavy atom. The minimum Gasteiger partial charge on any atom is -0.397 e. The Kier molecular flexibility index (Phi) is 6.23. The summed E-state index contributed by atoms with van der Waals surface area (Å²) in [6.07, 6.45) is 3.99. The minimum atomic E-state index is 0.713. The second-order valence-electron chi connectivity index (χ2n) is 7.89. The summed E-state index contributed by atoms with van der Waals surface area (Å²) in [6.45, 7) is 8.40. The molecule has 0 amide bonds. The van der Waals surface area contributed by atoms with Crippen LogP contribution in [-0.4, -0.2) is 0 Å². The van der Waals surface area contributed by atoms with Gasteiger partial charge in [0.2, 0.25) is 0 Å². The lowest BCUT2D eigenvalue weighted by molar-refractivity contribution is 1.22. The van der Waals surface area contributed by atoms with Crippen LogP contribution in [0.3, 0.4) is 0 Å². The molecular weight excluding hydrogens is 388 g/mol. The first kappa shape index (κ1) is 21.2. The van der Waals surface area contributed by atoms with Crippen LogP contribution in [0.5, 0.6) is 0 Å². The van der Waals surface area contributed by atoms with Crippen LogP contribution in [0.15, 0.2) is 121 Å². The molecule has 0 aliphatic heterocycles. The van der Waals surface area contributed by atoms with Crippen LogP contribution in [0.25, 0.3) is 22.3 Å². The van der Waals surface area contributed by atoms with Crippen LogP contribution in [0, 0.1) is 6.92 Å². The second kappa shape index (κ2) is 9.40. The van der Waals surface area contributed by atoms with Crippen LogP contribution in [0.1, 0.15) is 12.5 Å². The lowest BCUT2D eigenvalue weighted by Gasteiger charge is -2.27. The molecule has 2 N–H and O–H groups in total. The van der Waals surface area contributed by atoms with Gasteiger partial charge in [0.05, 0.1) is 11.4 Å². The second-order valence-corrected chi connectivity index (χ2v) is 7.89. The molecule has 158 valence electrons. The van der Waals surface area contributed by atoms with Gasteiger partial charge < -0.3 is 10.6 Å². The van der Waals surface area contributed by atoms with E-state index in [4.69, 9.17) is 5.73 Å². The van der Waals surface area contributed by atoms with Gasteiger partial charge >= 0.3 is 0 Å². The van der Waals surface area contributed by atoms with E-state index in [2.05, 4.69) is 91.2 Å². The molecule has 4 aromatic rings. The van der Waals surface area contributed by atoms with Crippen molar-refractivity contribution in [3.05, 3.63) is 127 Å². The summed E-state index contributed by atoms with van der Waals surface area (Å²) in [5.74, 6) is 0. The molecule has 2 heteroatoms. The standard InChI is InChI=1S/C30H28N2/c1-4-10-23(3)32(30-18-6-5-17-29(30)31)28-16-9-15-27(21-28)26-14-8-13-25(20-26)24-12-7-11-22(2)19-24/h4-21H,3,31H2,1-2H3/b10-4-. The van der Waals surface area contributed by atoms with E-state index in [-0.39, 0.29) is 0 Å². The van der Waals surface area contributed by atoms with Gasteiger partial charge in [0.25, 0.3) is 0 Å². The summed E-state index contributed by atoms with van der Waals surface area (Å²) >= 11 is 0. The summed E-state index contributed by atoms with van der Waals surface area (Å²) in [5.41, 5.74) is 15.8. The molecule has 4 aromatic carbocycles. The van der Waals surface area contributed by atoms with Crippen molar-refractivity contribution in [3.8, 4) is 22.3 Å². The van der Waals surface area contributed by atoms with Crippen molar-refractivity contribution in [2.45, 2.75) is 13.8 Å². The number of anilines is 3. The van der Waals surface area contributed by atoms with Crippen molar-refractivity contribution in [3.63, 3.8) is 0 Å². The maximum atomic E-state index is 6.33. The first-order chi connectivity index (χ1) is 15.6. The number of aryl methyl sites for hydroxylation is 1. The SMILES string of the molecule is C=C(/C=C\C)N(c1cccc(-c2cccc(-c3cccc(C)c3)c2)c1)c1ccccc1N. The molecular formula is C30H28N2. The number of benzene rings is 4. The Balaban J connectivity index is 1.78. The van der Waals surface area contributed by atoms with Gasteiger partial charge in [-0.15, -0.1) is 0 Å². The summed E-state index contributed by atoms with van der Waals surface area (Å²) in [4.78, 5) is 2.10. The Bertz CT molecular complexity index is 1280. The van der Waals surface area contributed by atoms with Crippen molar-refractivity contribution in [2.24, 2.45) is 0 Å². The van der Waals surface area contributed by atoms with E-state index < -0.39 is 0 Å². The molecule has 0 atom stereocenters. The van der Waals surface area contributed by atoms with Crippen molar-refractivity contribution in [2.75, 3.05) is 10.6 Å². The average molecular weight is 417 g/mol. The van der Waals surface area contributed by atoms with Gasteiger partial charge in [-0.05, 0) is 72.5 Å². The van der Waals surface area contributed by atoms with E-state index in [0.29, 0.717) is 5.69 Å². The zero-order chi connectivity index (χ0) is 22.5. The lowest BCUT2D eigenvalue weighted by Crippen LogP contribution is -2.15. The van der Waals surface area contributed by atoms with Crippen molar-refractivity contribution in [1.29, 1.82) is 0 Å². The highest BCUT2D eigenvalue weighted by Gasteiger charge is 2.15. The van der Waals surface area contributed by atoms with Crippen molar-refractivity contribution in [1.82, 2.24) is 0 Å². The monoisotopic (exact) mass is 416 g/mol. The highest BCUT2D eigenvalue weighted by atomic mass is 15.2. The predicted molar refractivity (Wildman–Crippen MR) is 139 cm³/mol. The van der Waals surface area contributed by atoms with Crippen LogP contribution in [-0.2, 0) is 0 Å². The summed E-state index contributed by atoms with van der Waals surface area (Å²) in [5, 5.41) is 0. The highest BCUT2D eigenvalue weighted by Crippen LogP contribution is 2.36. The fraction of sp³-hybridized carbons (Fsp3) is 0.0667.